The molecular weight excluding hydrogens is 493 g/mol. The van der Waals surface area contributed by atoms with Gasteiger partial charge in [0.1, 0.15) is 17.7 Å². The summed E-state index contributed by atoms with van der Waals surface area (Å²) in [6.45, 7) is 4.49. The molecule has 0 radical (unpaired) electrons. The second kappa shape index (κ2) is 12.8. The van der Waals surface area contributed by atoms with E-state index in [9.17, 15) is 18.8 Å². The number of nitrogens with zero attached hydrogens (tertiary/aromatic N) is 1. The zero-order valence-corrected chi connectivity index (χ0v) is 21.9. The van der Waals surface area contributed by atoms with Crippen molar-refractivity contribution < 1.29 is 37.7 Å². The summed E-state index contributed by atoms with van der Waals surface area (Å²) in [5, 5.41) is 0. The number of pyridine rings is 1. The van der Waals surface area contributed by atoms with Crippen LogP contribution in [0.3, 0.4) is 0 Å². The summed E-state index contributed by atoms with van der Waals surface area (Å²) in [5.74, 6) is -3.13. The molecule has 200 valence electrons. The van der Waals surface area contributed by atoms with E-state index in [1.54, 1.807) is 19.9 Å². The van der Waals surface area contributed by atoms with Crippen LogP contribution >= 0.6 is 0 Å². The standard InChI is InChI=1S/C29H30FNO7/c1-17(15-23(33)27-28(38-19(3)32)24(35-4)13-14-31-27)29(34)37-18(2)26(20-9-7-6-8-10-20)22-12-11-21(30)16-25(22)36-5/h6-14,16-18,26H,15H2,1-5H3/t17-,18+,26-/m1/s1. The Labute approximate surface area is 220 Å². The number of Topliss-reactive ketones (excluding diaryl/α,β-unsaturated/α-hetero) is 1. The van der Waals surface area contributed by atoms with Crippen LogP contribution in [0.2, 0.25) is 0 Å². The second-order valence-electron chi connectivity index (χ2n) is 8.73. The van der Waals surface area contributed by atoms with Crippen molar-refractivity contribution in [3.8, 4) is 17.2 Å². The molecule has 0 aliphatic carbocycles. The predicted octanol–water partition coefficient (Wildman–Crippen LogP) is 5.14. The highest BCUT2D eigenvalue weighted by atomic mass is 19.1. The molecule has 3 rings (SSSR count). The number of halogens is 1. The predicted molar refractivity (Wildman–Crippen MR) is 137 cm³/mol. The number of rotatable bonds is 11. The lowest BCUT2D eigenvalue weighted by Crippen LogP contribution is -2.28. The van der Waals surface area contributed by atoms with Crippen LogP contribution in [0.5, 0.6) is 17.2 Å². The lowest BCUT2D eigenvalue weighted by Gasteiger charge is -2.27. The van der Waals surface area contributed by atoms with Gasteiger partial charge in [-0.1, -0.05) is 43.3 Å². The normalized spacial score (nSPS) is 13.1. The van der Waals surface area contributed by atoms with Crippen molar-refractivity contribution >= 4 is 17.7 Å². The summed E-state index contributed by atoms with van der Waals surface area (Å²) in [7, 11) is 2.82. The van der Waals surface area contributed by atoms with Crippen LogP contribution in [-0.4, -0.2) is 43.0 Å². The third-order valence-corrected chi connectivity index (χ3v) is 5.95. The monoisotopic (exact) mass is 523 g/mol. The average molecular weight is 524 g/mol. The van der Waals surface area contributed by atoms with Crippen molar-refractivity contribution in [1.29, 1.82) is 0 Å². The minimum absolute atomic E-state index is 0.103. The van der Waals surface area contributed by atoms with Crippen LogP contribution in [0.25, 0.3) is 0 Å². The Morgan fingerprint density at radius 3 is 2.26 bits per heavy atom. The molecule has 3 atom stereocenters. The number of methoxy groups -OCH3 is 2. The van der Waals surface area contributed by atoms with Crippen molar-refractivity contribution in [2.75, 3.05) is 14.2 Å². The summed E-state index contributed by atoms with van der Waals surface area (Å²) in [4.78, 5) is 41.7. The Morgan fingerprint density at radius 2 is 1.63 bits per heavy atom. The lowest BCUT2D eigenvalue weighted by atomic mass is 9.86. The maximum absolute atomic E-state index is 13.9. The van der Waals surface area contributed by atoms with E-state index in [0.29, 0.717) is 11.3 Å². The van der Waals surface area contributed by atoms with E-state index in [2.05, 4.69) is 4.98 Å². The molecule has 0 bridgehead atoms. The number of esters is 2. The molecule has 0 fully saturated rings. The first-order chi connectivity index (χ1) is 18.2. The maximum atomic E-state index is 13.9. The van der Waals surface area contributed by atoms with Gasteiger partial charge in [-0.2, -0.15) is 0 Å². The van der Waals surface area contributed by atoms with Crippen LogP contribution in [-0.2, 0) is 14.3 Å². The van der Waals surface area contributed by atoms with E-state index >= 15 is 0 Å². The first-order valence-corrected chi connectivity index (χ1v) is 12.0. The van der Waals surface area contributed by atoms with Crippen molar-refractivity contribution in [2.24, 2.45) is 5.92 Å². The highest BCUT2D eigenvalue weighted by molar-refractivity contribution is 5.99. The Balaban J connectivity index is 1.82. The molecule has 1 heterocycles. The third kappa shape index (κ3) is 6.73. The van der Waals surface area contributed by atoms with Crippen LogP contribution in [0, 0.1) is 11.7 Å². The Bertz CT molecular complexity index is 1300. The molecule has 2 aromatic carbocycles. The van der Waals surface area contributed by atoms with E-state index in [4.69, 9.17) is 18.9 Å². The molecule has 0 N–H and O–H groups in total. The highest BCUT2D eigenvalue weighted by Crippen LogP contribution is 2.37. The van der Waals surface area contributed by atoms with Gasteiger partial charge in [-0.15, -0.1) is 0 Å². The summed E-state index contributed by atoms with van der Waals surface area (Å²) < 4.78 is 35.5. The van der Waals surface area contributed by atoms with Gasteiger partial charge in [0.2, 0.25) is 5.75 Å². The zero-order chi connectivity index (χ0) is 27.8. The van der Waals surface area contributed by atoms with Gasteiger partial charge in [0.15, 0.2) is 17.2 Å². The fraction of sp³-hybridized carbons (Fsp3) is 0.310. The van der Waals surface area contributed by atoms with Gasteiger partial charge < -0.3 is 18.9 Å². The summed E-state index contributed by atoms with van der Waals surface area (Å²) in [6, 6.07) is 15.0. The van der Waals surface area contributed by atoms with E-state index in [1.807, 2.05) is 30.3 Å². The lowest BCUT2D eigenvalue weighted by molar-refractivity contribution is -0.153. The van der Waals surface area contributed by atoms with Gasteiger partial charge in [0, 0.05) is 43.2 Å². The number of ketones is 1. The Kier molecular flexibility index (Phi) is 9.54. The number of aromatic nitrogens is 1. The van der Waals surface area contributed by atoms with E-state index < -0.39 is 41.5 Å². The third-order valence-electron chi connectivity index (χ3n) is 5.95. The van der Waals surface area contributed by atoms with Crippen LogP contribution in [0.4, 0.5) is 4.39 Å². The molecule has 0 saturated carbocycles. The SMILES string of the molecule is COc1cc(F)ccc1[C@@H](c1ccccc1)[C@H](C)OC(=O)[C@H](C)CC(=O)c1nccc(OC)c1OC(C)=O. The molecule has 0 unspecified atom stereocenters. The first-order valence-electron chi connectivity index (χ1n) is 12.0. The number of hydrogen-bond acceptors (Lipinski definition) is 8. The Morgan fingerprint density at radius 1 is 0.947 bits per heavy atom. The molecule has 0 aliphatic heterocycles. The van der Waals surface area contributed by atoms with Crippen molar-refractivity contribution in [1.82, 2.24) is 4.98 Å². The van der Waals surface area contributed by atoms with Gasteiger partial charge in [-0.3, -0.25) is 14.4 Å². The smallest absolute Gasteiger partial charge is 0.309 e. The molecular formula is C29H30FNO7. The number of carbonyl (C=O) groups is 3. The molecule has 0 aliphatic rings. The number of ether oxygens (including phenoxy) is 4. The average Bonchev–Trinajstić information content (AvgIpc) is 2.89. The van der Waals surface area contributed by atoms with Crippen molar-refractivity contribution in [2.45, 2.75) is 39.2 Å². The fourth-order valence-corrected chi connectivity index (χ4v) is 4.16. The largest absolute Gasteiger partial charge is 0.496 e. The van der Waals surface area contributed by atoms with Gasteiger partial charge >= 0.3 is 11.9 Å². The molecule has 8 nitrogen and oxygen atoms in total. The van der Waals surface area contributed by atoms with E-state index in [-0.39, 0.29) is 23.6 Å². The Hall–Kier alpha value is -4.27. The summed E-state index contributed by atoms with van der Waals surface area (Å²) in [5.41, 5.74) is 1.37. The first kappa shape index (κ1) is 28.3. The second-order valence-corrected chi connectivity index (χ2v) is 8.73. The van der Waals surface area contributed by atoms with Crippen LogP contribution in [0.1, 0.15) is 54.7 Å². The van der Waals surface area contributed by atoms with Crippen molar-refractivity contribution in [3.63, 3.8) is 0 Å². The topological polar surface area (TPSA) is 101 Å². The van der Waals surface area contributed by atoms with Gasteiger partial charge in [0.25, 0.3) is 0 Å². The summed E-state index contributed by atoms with van der Waals surface area (Å²) in [6.07, 6.45) is 0.425. The number of carbonyl (C=O) groups excluding carboxylic acids is 3. The van der Waals surface area contributed by atoms with Crippen molar-refractivity contribution in [3.05, 3.63) is 83.4 Å². The van der Waals surface area contributed by atoms with Gasteiger partial charge in [0.05, 0.1) is 20.1 Å². The molecule has 0 saturated heterocycles. The summed E-state index contributed by atoms with van der Waals surface area (Å²) >= 11 is 0. The van der Waals surface area contributed by atoms with Gasteiger partial charge in [-0.05, 0) is 18.6 Å². The van der Waals surface area contributed by atoms with E-state index in [0.717, 1.165) is 5.56 Å². The zero-order valence-electron chi connectivity index (χ0n) is 21.9. The molecule has 38 heavy (non-hydrogen) atoms. The van der Waals surface area contributed by atoms with Crippen LogP contribution < -0.4 is 14.2 Å². The number of hydrogen-bond donors (Lipinski definition) is 0. The highest BCUT2D eigenvalue weighted by Gasteiger charge is 2.31. The van der Waals surface area contributed by atoms with E-state index in [1.165, 1.54) is 45.5 Å². The molecule has 3 aromatic rings. The minimum atomic E-state index is -0.838. The molecule has 9 heteroatoms. The van der Waals surface area contributed by atoms with Gasteiger partial charge in [-0.25, -0.2) is 9.37 Å². The fourth-order valence-electron chi connectivity index (χ4n) is 4.16. The molecule has 0 spiro atoms. The molecule has 0 amide bonds. The minimum Gasteiger partial charge on any atom is -0.496 e. The quantitative estimate of drug-likeness (QED) is 0.252. The van der Waals surface area contributed by atoms with Crippen LogP contribution in [0.15, 0.2) is 60.8 Å². The molecule has 1 aromatic heterocycles. The number of benzene rings is 2. The maximum Gasteiger partial charge on any atom is 0.309 e.